The van der Waals surface area contributed by atoms with Gasteiger partial charge in [-0.2, -0.15) is 0 Å². The number of amides is 4. The fourth-order valence-corrected chi connectivity index (χ4v) is 4.64. The first-order valence-electron chi connectivity index (χ1n) is 15.9. The average Bonchev–Trinajstić information content (AvgIpc) is 3.82. The number of methoxy groups -OCH3 is 4. The molecule has 0 aromatic rings. The number of carbonyl (C=O) groups excluding carboxylic acids is 8. The smallest absolute Gasteiger partial charge is 0.407 e. The molecule has 52 heavy (non-hydrogen) atoms. The minimum atomic E-state index is -0.716. The molecule has 8 atom stereocenters. The SMILES string of the molecule is CCOC(=O)NC1CC(=O)OC1OC.CCOC(=O)NC1CC(=O)OC1OC.COC1OC(=O)CC1NC(C)=O.COC1OC(=O)CC1NC(C)=O. The third-order valence-corrected chi connectivity index (χ3v) is 6.71. The van der Waals surface area contributed by atoms with Gasteiger partial charge in [-0.05, 0) is 13.8 Å². The lowest BCUT2D eigenvalue weighted by Crippen LogP contribution is -2.41. The first-order chi connectivity index (χ1) is 24.6. The molecule has 0 radical (unpaired) electrons. The summed E-state index contributed by atoms with van der Waals surface area (Å²) in [7, 11) is 5.67. The van der Waals surface area contributed by atoms with Crippen LogP contribution >= 0.6 is 0 Å². The quantitative estimate of drug-likeness (QED) is 0.152. The number of nitrogens with one attached hydrogen (secondary N) is 4. The third-order valence-electron chi connectivity index (χ3n) is 6.71. The number of carbonyl (C=O) groups is 8. The molecule has 4 aliphatic rings. The van der Waals surface area contributed by atoms with Gasteiger partial charge in [0.25, 0.3) is 0 Å². The van der Waals surface area contributed by atoms with Crippen molar-refractivity contribution in [2.75, 3.05) is 41.7 Å². The van der Waals surface area contributed by atoms with E-state index >= 15 is 0 Å². The maximum Gasteiger partial charge on any atom is 0.407 e. The second kappa shape index (κ2) is 23.6. The topological polar surface area (TPSA) is 277 Å². The zero-order valence-electron chi connectivity index (χ0n) is 30.2. The summed E-state index contributed by atoms with van der Waals surface area (Å²) in [6.45, 7) is 6.73. The number of hydrogen-bond acceptors (Lipinski definition) is 18. The molecule has 0 aromatic heterocycles. The summed E-state index contributed by atoms with van der Waals surface area (Å²) in [5.41, 5.74) is 0. The summed E-state index contributed by atoms with van der Waals surface area (Å²) < 4.78 is 47.8. The van der Waals surface area contributed by atoms with E-state index in [1.807, 2.05) is 0 Å². The lowest BCUT2D eigenvalue weighted by Gasteiger charge is -2.16. The lowest BCUT2D eigenvalue weighted by atomic mass is 10.2. The van der Waals surface area contributed by atoms with Gasteiger partial charge in [0.05, 0.1) is 38.9 Å². The summed E-state index contributed by atoms with van der Waals surface area (Å²) in [6, 6.07) is -1.63. The van der Waals surface area contributed by atoms with Crippen LogP contribution in [0.3, 0.4) is 0 Å². The minimum Gasteiger partial charge on any atom is -0.450 e. The fourth-order valence-electron chi connectivity index (χ4n) is 4.64. The van der Waals surface area contributed by atoms with Gasteiger partial charge in [-0.15, -0.1) is 0 Å². The first kappa shape index (κ1) is 45.2. The van der Waals surface area contributed by atoms with Crippen LogP contribution in [0.5, 0.6) is 0 Å². The van der Waals surface area contributed by atoms with Crippen LogP contribution in [0, 0.1) is 0 Å². The van der Waals surface area contributed by atoms with Crippen LogP contribution in [0.2, 0.25) is 0 Å². The molecule has 4 rings (SSSR count). The van der Waals surface area contributed by atoms with Crippen molar-refractivity contribution in [3.8, 4) is 0 Å². The number of rotatable bonds is 10. The van der Waals surface area contributed by atoms with E-state index in [9.17, 15) is 38.4 Å². The molecule has 0 saturated carbocycles. The highest BCUT2D eigenvalue weighted by molar-refractivity contribution is 5.78. The van der Waals surface area contributed by atoms with Gasteiger partial charge in [0.2, 0.25) is 37.0 Å². The highest BCUT2D eigenvalue weighted by Gasteiger charge is 2.38. The van der Waals surface area contributed by atoms with E-state index in [-0.39, 0.29) is 74.7 Å². The standard InChI is InChI=1S/2C8H13NO5.2C7H11NO4/c2*1-3-13-8(11)9-5-4-6(10)14-7(5)12-2;2*1-4(9)8-5-3-6(10)12-7(5)11-2/h2*5,7H,3-4H2,1-2H3,(H,9,11);2*5,7H,3H2,1-2H3,(H,8,9). The summed E-state index contributed by atoms with van der Waals surface area (Å²) in [4.78, 5) is 86.5. The van der Waals surface area contributed by atoms with Gasteiger partial charge >= 0.3 is 36.1 Å². The molecule has 4 N–H and O–H groups in total. The van der Waals surface area contributed by atoms with Crippen LogP contribution in [0.15, 0.2) is 0 Å². The monoisotopic (exact) mass is 752 g/mol. The van der Waals surface area contributed by atoms with E-state index in [1.54, 1.807) is 13.8 Å². The Bertz CT molecular complexity index is 1140. The molecular weight excluding hydrogens is 704 g/mol. The predicted molar refractivity (Wildman–Crippen MR) is 169 cm³/mol. The highest BCUT2D eigenvalue weighted by Crippen LogP contribution is 2.17. The first-order valence-corrected chi connectivity index (χ1v) is 15.9. The van der Waals surface area contributed by atoms with Crippen molar-refractivity contribution < 1.29 is 85.7 Å². The maximum absolute atomic E-state index is 11.0. The van der Waals surface area contributed by atoms with Gasteiger partial charge in [-0.3, -0.25) is 28.8 Å². The van der Waals surface area contributed by atoms with Gasteiger partial charge in [-0.25, -0.2) is 9.59 Å². The third kappa shape index (κ3) is 16.5. The van der Waals surface area contributed by atoms with Crippen molar-refractivity contribution in [3.63, 3.8) is 0 Å². The Morgan fingerprint density at radius 3 is 0.923 bits per heavy atom. The Kier molecular flexibility index (Phi) is 20.6. The fraction of sp³-hybridized carbons (Fsp3) is 0.733. The Labute approximate surface area is 299 Å². The van der Waals surface area contributed by atoms with E-state index in [0.717, 1.165) is 0 Å². The molecule has 0 aliphatic carbocycles. The van der Waals surface area contributed by atoms with E-state index in [4.69, 9.17) is 37.9 Å². The summed E-state index contributed by atoms with van der Waals surface area (Å²) in [5.74, 6) is -1.86. The Morgan fingerprint density at radius 2 is 0.731 bits per heavy atom. The molecule has 8 unspecified atom stereocenters. The van der Waals surface area contributed by atoms with E-state index in [0.29, 0.717) is 0 Å². The Balaban J connectivity index is 0.000000348. The van der Waals surface area contributed by atoms with Crippen molar-refractivity contribution in [1.82, 2.24) is 21.3 Å². The highest BCUT2D eigenvalue weighted by atomic mass is 16.7. The molecule has 0 aromatic carbocycles. The molecule has 296 valence electrons. The molecule has 4 saturated heterocycles. The molecule has 22 nitrogen and oxygen atoms in total. The van der Waals surface area contributed by atoms with Crippen LogP contribution < -0.4 is 21.3 Å². The molecule has 0 bridgehead atoms. The molecule has 22 heteroatoms. The average molecular weight is 753 g/mol. The predicted octanol–water partition coefficient (Wildman–Crippen LogP) is -1.14. The van der Waals surface area contributed by atoms with Crippen molar-refractivity contribution >= 4 is 47.9 Å². The Hall–Kier alpha value is -4.80. The van der Waals surface area contributed by atoms with Crippen LogP contribution in [-0.4, -0.2) is 139 Å². The lowest BCUT2D eigenvalue weighted by molar-refractivity contribution is -0.161. The summed E-state index contributed by atoms with van der Waals surface area (Å²) >= 11 is 0. The Morgan fingerprint density at radius 1 is 0.500 bits per heavy atom. The number of esters is 4. The second-order valence-corrected chi connectivity index (χ2v) is 10.7. The molecule has 4 aliphatic heterocycles. The van der Waals surface area contributed by atoms with Crippen molar-refractivity contribution in [2.45, 2.75) is 103 Å². The molecule has 4 amide bonds. The van der Waals surface area contributed by atoms with Crippen LogP contribution in [-0.2, 0) is 76.1 Å². The number of ether oxygens (including phenoxy) is 10. The van der Waals surface area contributed by atoms with Gasteiger partial charge in [0.15, 0.2) is 0 Å². The molecule has 4 heterocycles. The number of cyclic esters (lactones) is 4. The van der Waals surface area contributed by atoms with Gasteiger partial charge in [-0.1, -0.05) is 0 Å². The molecule has 0 spiro atoms. The van der Waals surface area contributed by atoms with E-state index in [2.05, 4.69) is 30.7 Å². The van der Waals surface area contributed by atoms with E-state index in [1.165, 1.54) is 42.3 Å². The zero-order valence-corrected chi connectivity index (χ0v) is 30.2. The van der Waals surface area contributed by atoms with Crippen molar-refractivity contribution in [1.29, 1.82) is 0 Å². The molecule has 4 fully saturated rings. The van der Waals surface area contributed by atoms with Gasteiger partial charge in [0, 0.05) is 42.3 Å². The number of alkyl carbamates (subject to hydrolysis) is 2. The maximum atomic E-state index is 11.0. The van der Waals surface area contributed by atoms with Crippen LogP contribution in [0.1, 0.15) is 53.4 Å². The normalized spacial score (nSPS) is 26.9. The van der Waals surface area contributed by atoms with E-state index < -0.39 is 61.4 Å². The van der Waals surface area contributed by atoms with Crippen LogP contribution in [0.4, 0.5) is 9.59 Å². The molecular formula is C30H48N4O18. The van der Waals surface area contributed by atoms with Crippen LogP contribution in [0.25, 0.3) is 0 Å². The van der Waals surface area contributed by atoms with Crippen molar-refractivity contribution in [3.05, 3.63) is 0 Å². The number of hydrogen-bond donors (Lipinski definition) is 4. The van der Waals surface area contributed by atoms with Crippen molar-refractivity contribution in [2.24, 2.45) is 0 Å². The zero-order chi connectivity index (χ0) is 39.4. The summed E-state index contributed by atoms with van der Waals surface area (Å²) in [5, 5.41) is 10.1. The summed E-state index contributed by atoms with van der Waals surface area (Å²) in [6.07, 6.45) is -3.28. The largest absolute Gasteiger partial charge is 0.450 e. The minimum absolute atomic E-state index is 0.108. The second-order valence-electron chi connectivity index (χ2n) is 10.7. The van der Waals surface area contributed by atoms with Gasteiger partial charge < -0.3 is 68.6 Å². The van der Waals surface area contributed by atoms with Gasteiger partial charge in [0.1, 0.15) is 24.2 Å².